The molecule has 5 nitrogen and oxygen atoms in total. The molecule has 0 aromatic heterocycles. The van der Waals surface area contributed by atoms with Crippen molar-refractivity contribution >= 4 is 69.6 Å². The maximum Gasteiger partial charge on any atom is 0.431 e. The van der Waals surface area contributed by atoms with Crippen LogP contribution in [0.3, 0.4) is 0 Å². The van der Waals surface area contributed by atoms with Gasteiger partial charge in [0.1, 0.15) is 5.82 Å². The Labute approximate surface area is 260 Å². The molecule has 0 radical (unpaired) electrons. The number of carbonyl (C=O) groups is 2. The molecule has 4 aromatic carbocycles. The van der Waals surface area contributed by atoms with Gasteiger partial charge >= 0.3 is 6.18 Å². The van der Waals surface area contributed by atoms with E-state index in [1.807, 2.05) is 0 Å². The van der Waals surface area contributed by atoms with Gasteiger partial charge in [-0.15, -0.1) is 0 Å². The second-order valence-electron chi connectivity index (χ2n) is 8.88. The Morgan fingerprint density at radius 1 is 0.698 bits per heavy atom. The van der Waals surface area contributed by atoms with E-state index in [1.165, 1.54) is 12.1 Å². The van der Waals surface area contributed by atoms with Crippen molar-refractivity contribution in [3.63, 3.8) is 0 Å². The predicted octanol–water partition coefficient (Wildman–Crippen LogP) is 9.59. The first-order valence-corrected chi connectivity index (χ1v) is 13.3. The van der Waals surface area contributed by atoms with Crippen molar-refractivity contribution < 1.29 is 31.5 Å². The summed E-state index contributed by atoms with van der Waals surface area (Å²) in [6.45, 7) is 0. The van der Waals surface area contributed by atoms with Gasteiger partial charge in [-0.25, -0.2) is 8.78 Å². The molecule has 4 aromatic rings. The minimum Gasteiger partial charge on any atom is -0.322 e. The van der Waals surface area contributed by atoms with Crippen molar-refractivity contribution in [2.24, 2.45) is 0 Å². The fraction of sp³-hybridized carbons (Fsp3) is 0.0690. The zero-order valence-electron chi connectivity index (χ0n) is 21.1. The Morgan fingerprint density at radius 2 is 1.30 bits per heavy atom. The third-order valence-electron chi connectivity index (χ3n) is 6.13. The number of amides is 2. The number of rotatable bonds is 6. The number of halogens is 9. The molecule has 1 atom stereocenters. The van der Waals surface area contributed by atoms with Gasteiger partial charge in [0, 0.05) is 21.8 Å². The van der Waals surface area contributed by atoms with E-state index in [1.54, 1.807) is 6.07 Å². The van der Waals surface area contributed by atoms with Gasteiger partial charge in [-0.3, -0.25) is 9.59 Å². The number of anilines is 2. The molecule has 0 aliphatic rings. The lowest BCUT2D eigenvalue weighted by atomic mass is 9.87. The average Bonchev–Trinajstić information content (AvgIpc) is 2.94. The van der Waals surface area contributed by atoms with E-state index in [2.05, 4.69) is 10.6 Å². The van der Waals surface area contributed by atoms with Gasteiger partial charge in [-0.1, -0.05) is 58.5 Å². The highest BCUT2D eigenvalue weighted by Crippen LogP contribution is 2.50. The maximum atomic E-state index is 15.9. The van der Waals surface area contributed by atoms with Crippen molar-refractivity contribution in [1.82, 2.24) is 0 Å². The van der Waals surface area contributed by atoms with E-state index < -0.39 is 50.6 Å². The summed E-state index contributed by atoms with van der Waals surface area (Å²) >= 11 is 24.0. The summed E-state index contributed by atoms with van der Waals surface area (Å²) < 4.78 is 71.4. The number of hydrogen-bond donors (Lipinski definition) is 2. The van der Waals surface area contributed by atoms with E-state index in [4.69, 9.17) is 46.4 Å². The fourth-order valence-electron chi connectivity index (χ4n) is 4.03. The Morgan fingerprint density at radius 3 is 1.86 bits per heavy atom. The fourth-order valence-corrected chi connectivity index (χ4v) is 4.99. The molecule has 0 aliphatic heterocycles. The minimum atomic E-state index is -5.44. The van der Waals surface area contributed by atoms with Crippen LogP contribution < -0.4 is 10.6 Å². The molecule has 220 valence electrons. The molecule has 4 rings (SSSR count). The lowest BCUT2D eigenvalue weighted by Crippen LogP contribution is -2.39. The molecular weight excluding hydrogens is 659 g/mol. The van der Waals surface area contributed by atoms with Crippen LogP contribution in [0.1, 0.15) is 37.4 Å². The molecule has 2 N–H and O–H groups in total. The molecule has 0 aliphatic carbocycles. The average molecular weight is 673 g/mol. The van der Waals surface area contributed by atoms with E-state index in [-0.39, 0.29) is 38.1 Å². The summed E-state index contributed by atoms with van der Waals surface area (Å²) in [6, 6.07) is 13.8. The van der Waals surface area contributed by atoms with E-state index >= 15 is 4.39 Å². The maximum absolute atomic E-state index is 15.9. The summed E-state index contributed by atoms with van der Waals surface area (Å²) in [7, 11) is 0. The van der Waals surface area contributed by atoms with Gasteiger partial charge in [0.05, 0.1) is 43.5 Å². The van der Waals surface area contributed by atoms with Crippen molar-refractivity contribution in [2.75, 3.05) is 10.6 Å². The van der Waals surface area contributed by atoms with Gasteiger partial charge < -0.3 is 10.6 Å². The Kier molecular flexibility index (Phi) is 9.23. The molecule has 0 spiro atoms. The molecule has 0 saturated heterocycles. The molecule has 1 unspecified atom stereocenters. The van der Waals surface area contributed by atoms with Crippen LogP contribution in [0.4, 0.5) is 33.3 Å². The summed E-state index contributed by atoms with van der Waals surface area (Å²) in [6.07, 6.45) is -5.44. The quantitative estimate of drug-likeness (QED) is 0.200. The van der Waals surface area contributed by atoms with Crippen molar-refractivity contribution in [1.29, 1.82) is 5.26 Å². The van der Waals surface area contributed by atoms with Crippen LogP contribution in [-0.2, 0) is 5.67 Å². The Hall–Kier alpha value is -3.88. The number of hydrogen-bond acceptors (Lipinski definition) is 3. The second-order valence-corrected chi connectivity index (χ2v) is 10.5. The third kappa shape index (κ3) is 6.55. The van der Waals surface area contributed by atoms with Crippen LogP contribution in [0.25, 0.3) is 0 Å². The smallest absolute Gasteiger partial charge is 0.322 e. The number of nitrogens with zero attached hydrogens (tertiary/aromatic N) is 1. The molecular formula is C29H14Cl4F5N3O2. The van der Waals surface area contributed by atoms with Gasteiger partial charge in [-0.2, -0.15) is 18.4 Å². The topological polar surface area (TPSA) is 82.0 Å². The monoisotopic (exact) mass is 671 g/mol. The zero-order chi connectivity index (χ0) is 31.7. The van der Waals surface area contributed by atoms with Gasteiger partial charge in [0.15, 0.2) is 0 Å². The van der Waals surface area contributed by atoms with E-state index in [0.717, 1.165) is 48.5 Å². The van der Waals surface area contributed by atoms with Gasteiger partial charge in [0.2, 0.25) is 0 Å². The normalized spacial score (nSPS) is 12.7. The largest absolute Gasteiger partial charge is 0.431 e. The third-order valence-corrected chi connectivity index (χ3v) is 7.29. The van der Waals surface area contributed by atoms with Crippen molar-refractivity contribution in [3.8, 4) is 6.07 Å². The summed E-state index contributed by atoms with van der Waals surface area (Å²) in [5.74, 6) is -2.39. The molecule has 14 heteroatoms. The van der Waals surface area contributed by atoms with Crippen LogP contribution in [0.5, 0.6) is 0 Å². The summed E-state index contributed by atoms with van der Waals surface area (Å²) in [5.41, 5.74) is -6.61. The van der Waals surface area contributed by atoms with Crippen LogP contribution >= 0.6 is 46.4 Å². The first-order chi connectivity index (χ1) is 20.1. The molecule has 0 heterocycles. The van der Waals surface area contributed by atoms with Crippen molar-refractivity contribution in [3.05, 3.63) is 127 Å². The SMILES string of the molecule is N#Cc1ccc(NC(=O)c2ccc(F)cc2Cl)cc1C(=O)Nc1c(Cl)cc(C(F)(c2ccc(Cl)cc2)C(F)(F)F)cc1Cl. The zero-order valence-corrected chi connectivity index (χ0v) is 24.1. The van der Waals surface area contributed by atoms with Crippen LogP contribution in [0, 0.1) is 17.1 Å². The number of benzene rings is 4. The van der Waals surface area contributed by atoms with Crippen LogP contribution in [-0.4, -0.2) is 18.0 Å². The standard InChI is InChI=1S/C29H14Cl4F5N3O2/c30-17-4-2-15(3-5-17)28(35,29(36,37)38)16-9-23(32)25(24(33)10-16)41-27(43)21-12-19(7-1-14(21)13-39)40-26(42)20-8-6-18(34)11-22(20)31/h1-12H,(H,40,42)(H,41,43). The number of alkyl halides is 4. The first kappa shape index (κ1) is 32.0. The highest BCUT2D eigenvalue weighted by Gasteiger charge is 2.58. The highest BCUT2D eigenvalue weighted by molar-refractivity contribution is 6.40. The molecule has 43 heavy (non-hydrogen) atoms. The Bertz CT molecular complexity index is 1770. The summed E-state index contributed by atoms with van der Waals surface area (Å²) in [4.78, 5) is 25.8. The van der Waals surface area contributed by atoms with Gasteiger partial charge in [-0.05, 0) is 60.7 Å². The molecule has 2 amide bonds. The number of carbonyl (C=O) groups excluding carboxylic acids is 2. The van der Waals surface area contributed by atoms with Gasteiger partial charge in [0.25, 0.3) is 17.5 Å². The number of nitrogens with one attached hydrogen (secondary N) is 2. The molecule has 0 saturated carbocycles. The second kappa shape index (κ2) is 12.4. The molecule has 0 fully saturated rings. The van der Waals surface area contributed by atoms with Crippen molar-refractivity contribution in [2.45, 2.75) is 11.8 Å². The van der Waals surface area contributed by atoms with E-state index in [0.29, 0.717) is 12.1 Å². The lowest BCUT2D eigenvalue weighted by Gasteiger charge is -2.29. The summed E-state index contributed by atoms with van der Waals surface area (Å²) in [5, 5.41) is 13.1. The predicted molar refractivity (Wildman–Crippen MR) is 154 cm³/mol. The minimum absolute atomic E-state index is 0.0393. The number of nitriles is 1. The molecule has 0 bridgehead atoms. The lowest BCUT2D eigenvalue weighted by molar-refractivity contribution is -0.219. The van der Waals surface area contributed by atoms with Crippen LogP contribution in [0.2, 0.25) is 20.1 Å². The highest BCUT2D eigenvalue weighted by atomic mass is 35.5. The Balaban J connectivity index is 1.66. The van der Waals surface area contributed by atoms with E-state index in [9.17, 15) is 32.4 Å². The first-order valence-electron chi connectivity index (χ1n) is 11.8. The van der Waals surface area contributed by atoms with Crippen LogP contribution in [0.15, 0.2) is 72.8 Å².